The number of aliphatic hydroxyl groups is 1. The highest BCUT2D eigenvalue weighted by Gasteiger charge is 2.34. The predicted octanol–water partition coefficient (Wildman–Crippen LogP) is 4.59. The molecule has 4 aromatic rings. The second kappa shape index (κ2) is 11.6. The maximum atomic E-state index is 13.9. The van der Waals surface area contributed by atoms with Gasteiger partial charge in [0.15, 0.2) is 11.9 Å². The second-order valence-corrected chi connectivity index (χ2v) is 9.28. The highest BCUT2D eigenvalue weighted by Crippen LogP contribution is 2.35. The first kappa shape index (κ1) is 27.5. The molecule has 5 rings (SSSR count). The van der Waals surface area contributed by atoms with E-state index in [4.69, 9.17) is 0 Å². The topological polar surface area (TPSA) is 77.7 Å². The van der Waals surface area contributed by atoms with Crippen molar-refractivity contribution >= 4 is 11.3 Å². The summed E-state index contributed by atoms with van der Waals surface area (Å²) >= 11 is 0. The molecule has 3 heterocycles. The van der Waals surface area contributed by atoms with Crippen LogP contribution in [0.3, 0.4) is 0 Å². The van der Waals surface area contributed by atoms with Crippen molar-refractivity contribution in [1.82, 2.24) is 24.8 Å². The molecule has 1 aliphatic rings. The number of anilines is 1. The highest BCUT2D eigenvalue weighted by atomic mass is 19.4. The van der Waals surface area contributed by atoms with Gasteiger partial charge in [0.2, 0.25) is 0 Å². The number of piperazine rings is 1. The number of fused-ring (bicyclic) bond motifs is 1. The van der Waals surface area contributed by atoms with Gasteiger partial charge in [-0.3, -0.25) is 4.90 Å². The lowest BCUT2D eigenvalue weighted by molar-refractivity contribution is -0.138. The molecule has 1 saturated heterocycles. The largest absolute Gasteiger partial charge is 0.416 e. The van der Waals surface area contributed by atoms with Crippen molar-refractivity contribution in [2.24, 2.45) is 0 Å². The number of hydrogen-bond acceptors (Lipinski definition) is 6. The van der Waals surface area contributed by atoms with Crippen molar-refractivity contribution < 1.29 is 27.1 Å². The van der Waals surface area contributed by atoms with Gasteiger partial charge >= 0.3 is 6.18 Å². The first-order chi connectivity index (χ1) is 19.2. The van der Waals surface area contributed by atoms with Crippen LogP contribution in [0.15, 0.2) is 60.9 Å². The summed E-state index contributed by atoms with van der Waals surface area (Å²) in [7, 11) is 0. The van der Waals surface area contributed by atoms with E-state index in [2.05, 4.69) is 32.6 Å². The molecule has 40 heavy (non-hydrogen) atoms. The molecular formula is C28H25F5N6O. The van der Waals surface area contributed by atoms with Crippen molar-refractivity contribution in [3.05, 3.63) is 94.4 Å². The minimum Gasteiger partial charge on any atom is -0.369 e. The summed E-state index contributed by atoms with van der Waals surface area (Å²) in [6.45, 7) is 2.85. The van der Waals surface area contributed by atoms with E-state index in [9.17, 15) is 27.1 Å². The molecule has 1 aliphatic heterocycles. The van der Waals surface area contributed by atoms with Crippen LogP contribution in [0.2, 0.25) is 0 Å². The molecular weight excluding hydrogens is 531 g/mol. The zero-order chi connectivity index (χ0) is 28.3. The number of nitrogens with zero attached hydrogens (tertiary/aromatic N) is 4. The van der Waals surface area contributed by atoms with E-state index < -0.39 is 24.4 Å². The van der Waals surface area contributed by atoms with Crippen molar-refractivity contribution in [3.8, 4) is 11.8 Å². The number of benzene rings is 2. The number of hydrogen-bond donors (Lipinski definition) is 3. The van der Waals surface area contributed by atoms with Gasteiger partial charge in [0, 0.05) is 61.3 Å². The van der Waals surface area contributed by atoms with Gasteiger partial charge in [-0.2, -0.15) is 18.3 Å². The van der Waals surface area contributed by atoms with Gasteiger partial charge in [-0.1, -0.05) is 24.1 Å². The summed E-state index contributed by atoms with van der Waals surface area (Å²) in [5.41, 5.74) is 0.0460. The van der Waals surface area contributed by atoms with Crippen LogP contribution < -0.4 is 10.6 Å². The Morgan fingerprint density at radius 1 is 1.05 bits per heavy atom. The first-order valence-corrected chi connectivity index (χ1v) is 12.5. The van der Waals surface area contributed by atoms with Gasteiger partial charge in [0.25, 0.3) is 6.43 Å². The number of aromatic nitrogens is 3. The Bertz CT molecular complexity index is 1550. The van der Waals surface area contributed by atoms with Crippen LogP contribution in [-0.4, -0.2) is 50.8 Å². The number of halogens is 5. The van der Waals surface area contributed by atoms with Gasteiger partial charge in [-0.15, -0.1) is 0 Å². The van der Waals surface area contributed by atoms with Crippen LogP contribution >= 0.6 is 0 Å². The zero-order valence-corrected chi connectivity index (χ0v) is 21.1. The van der Waals surface area contributed by atoms with Crippen molar-refractivity contribution in [1.29, 1.82) is 0 Å². The van der Waals surface area contributed by atoms with Crippen LogP contribution in [0.5, 0.6) is 0 Å². The fraction of sp³-hybridized carbons (Fsp3) is 0.286. The van der Waals surface area contributed by atoms with Crippen LogP contribution in [0, 0.1) is 11.8 Å². The zero-order valence-electron chi connectivity index (χ0n) is 21.1. The Labute approximate surface area is 226 Å². The lowest BCUT2D eigenvalue weighted by Crippen LogP contribution is -2.43. The summed E-state index contributed by atoms with van der Waals surface area (Å²) < 4.78 is 70.5. The molecule has 7 nitrogen and oxygen atoms in total. The Kier molecular flexibility index (Phi) is 7.97. The van der Waals surface area contributed by atoms with Gasteiger partial charge in [-0.25, -0.2) is 18.3 Å². The second-order valence-electron chi connectivity index (χ2n) is 9.28. The normalized spacial score (nSPS) is 15.2. The molecule has 0 saturated carbocycles. The molecule has 12 heteroatoms. The predicted molar refractivity (Wildman–Crippen MR) is 139 cm³/mol. The van der Waals surface area contributed by atoms with Crippen LogP contribution in [-0.2, 0) is 12.7 Å². The van der Waals surface area contributed by atoms with E-state index in [-0.39, 0.29) is 34.5 Å². The van der Waals surface area contributed by atoms with Crippen LogP contribution in [0.1, 0.15) is 46.2 Å². The molecule has 0 bridgehead atoms. The Morgan fingerprint density at radius 2 is 1.85 bits per heavy atom. The maximum Gasteiger partial charge on any atom is 0.416 e. The molecule has 0 radical (unpaired) electrons. The molecule has 0 aliphatic carbocycles. The van der Waals surface area contributed by atoms with Gasteiger partial charge in [-0.05, 0) is 41.8 Å². The van der Waals surface area contributed by atoms with Gasteiger partial charge in [0.05, 0.1) is 11.8 Å². The Morgan fingerprint density at radius 3 is 2.60 bits per heavy atom. The van der Waals surface area contributed by atoms with E-state index in [0.29, 0.717) is 37.5 Å². The standard InChI is InChI=1S/C28H25F5N6O/c29-26(30)23-8-5-19(14-18(23)4-7-22-16-35-25-2-1-9-36-39(22)25)27(40)37-21-6-3-20(24(15-21)28(31,32)33)17-38-12-10-34-11-13-38/h1-3,5-6,8-9,14-16,26-27,34,37,40H,10-13,17H2. The molecule has 0 amide bonds. The lowest BCUT2D eigenvalue weighted by atomic mass is 10.0. The molecule has 1 unspecified atom stereocenters. The third kappa shape index (κ3) is 6.22. The van der Waals surface area contributed by atoms with E-state index in [1.54, 1.807) is 12.1 Å². The number of imidazole rings is 1. The number of aliphatic hydroxyl groups excluding tert-OH is 1. The maximum absolute atomic E-state index is 13.9. The molecule has 0 spiro atoms. The highest BCUT2D eigenvalue weighted by molar-refractivity contribution is 5.53. The summed E-state index contributed by atoms with van der Waals surface area (Å²) in [4.78, 5) is 6.10. The van der Waals surface area contributed by atoms with Gasteiger partial charge < -0.3 is 15.7 Å². The third-order valence-corrected chi connectivity index (χ3v) is 6.55. The smallest absolute Gasteiger partial charge is 0.369 e. The number of nitrogens with one attached hydrogen (secondary N) is 2. The van der Waals surface area contributed by atoms with Crippen molar-refractivity contribution in [2.45, 2.75) is 25.4 Å². The van der Waals surface area contributed by atoms with Crippen LogP contribution in [0.25, 0.3) is 5.65 Å². The van der Waals surface area contributed by atoms with Crippen LogP contribution in [0.4, 0.5) is 27.6 Å². The summed E-state index contributed by atoms with van der Waals surface area (Å²) in [5, 5.41) is 20.7. The summed E-state index contributed by atoms with van der Waals surface area (Å²) in [5.74, 6) is 5.47. The molecule has 1 atom stereocenters. The fourth-order valence-corrected chi connectivity index (χ4v) is 4.51. The lowest BCUT2D eigenvalue weighted by Gasteiger charge is -2.28. The van der Waals surface area contributed by atoms with E-state index in [0.717, 1.165) is 12.1 Å². The Balaban J connectivity index is 1.40. The average molecular weight is 557 g/mol. The quantitative estimate of drug-likeness (QED) is 0.183. The average Bonchev–Trinajstić information content (AvgIpc) is 3.35. The molecule has 3 N–H and O–H groups in total. The van der Waals surface area contributed by atoms with Crippen molar-refractivity contribution in [2.75, 3.05) is 31.5 Å². The van der Waals surface area contributed by atoms with Crippen molar-refractivity contribution in [3.63, 3.8) is 0 Å². The molecule has 208 valence electrons. The van der Waals surface area contributed by atoms with E-state index in [1.807, 2.05) is 4.90 Å². The Hall–Kier alpha value is -4.05. The summed E-state index contributed by atoms with van der Waals surface area (Å²) in [6.07, 6.45) is -5.91. The number of rotatable bonds is 6. The van der Waals surface area contributed by atoms with E-state index in [1.165, 1.54) is 41.2 Å². The minimum atomic E-state index is -4.60. The SMILES string of the molecule is OC(Nc1ccc(CN2CCNCC2)c(C(F)(F)F)c1)c1ccc(C(F)F)c(C#Cc2cnc3cccnn23)c1. The fourth-order valence-electron chi connectivity index (χ4n) is 4.51. The first-order valence-electron chi connectivity index (χ1n) is 12.5. The number of alkyl halides is 5. The van der Waals surface area contributed by atoms with E-state index >= 15 is 0 Å². The third-order valence-electron chi connectivity index (χ3n) is 6.55. The monoisotopic (exact) mass is 556 g/mol. The summed E-state index contributed by atoms with van der Waals surface area (Å²) in [6, 6.07) is 10.9. The molecule has 2 aromatic heterocycles. The minimum absolute atomic E-state index is 0.0336. The molecule has 1 fully saturated rings. The van der Waals surface area contributed by atoms with Gasteiger partial charge in [0.1, 0.15) is 5.69 Å². The molecule has 2 aromatic carbocycles.